The molecule has 1 N–H and O–H groups in total. The van der Waals surface area contributed by atoms with E-state index in [2.05, 4.69) is 0 Å². The molecule has 0 aromatic rings. The second-order valence-corrected chi connectivity index (χ2v) is 3.51. The van der Waals surface area contributed by atoms with Crippen molar-refractivity contribution in [1.29, 1.82) is 0 Å². The maximum Gasteiger partial charge on any atom is 0.253 e. The van der Waals surface area contributed by atoms with E-state index in [1.165, 1.54) is 13.8 Å². The van der Waals surface area contributed by atoms with Crippen LogP contribution in [0.1, 0.15) is 20.3 Å². The zero-order valence-corrected chi connectivity index (χ0v) is 6.19. The molecule has 0 bridgehead atoms. The molecule has 60 valence electrons. The minimum atomic E-state index is -2.57. The van der Waals surface area contributed by atoms with Gasteiger partial charge in [-0.05, 0) is 5.92 Å². The van der Waals surface area contributed by atoms with Crippen molar-refractivity contribution in [3.05, 3.63) is 0 Å². The summed E-state index contributed by atoms with van der Waals surface area (Å²) < 4.78 is 25.3. The van der Waals surface area contributed by atoms with Gasteiger partial charge in [-0.25, -0.2) is 8.78 Å². The Morgan fingerprint density at radius 2 is 2.00 bits per heavy atom. The third-order valence-corrected chi connectivity index (χ3v) is 2.69. The Kier molecular flexibility index (Phi) is 1.51. The minimum Gasteiger partial charge on any atom is -0.396 e. The fourth-order valence-electron chi connectivity index (χ4n) is 1.29. The molecule has 0 amide bonds. The number of rotatable bonds is 1. The van der Waals surface area contributed by atoms with Crippen LogP contribution in [-0.2, 0) is 0 Å². The smallest absolute Gasteiger partial charge is 0.253 e. The predicted octanol–water partition coefficient (Wildman–Crippen LogP) is 1.66. The van der Waals surface area contributed by atoms with Gasteiger partial charge in [0, 0.05) is 18.4 Å². The fraction of sp³-hybridized carbons (Fsp3) is 1.00. The van der Waals surface area contributed by atoms with Crippen molar-refractivity contribution < 1.29 is 13.9 Å². The van der Waals surface area contributed by atoms with E-state index in [9.17, 15) is 8.78 Å². The standard InChI is InChI=1S/C7H12F2O/c1-6(2)5(4-10)3-7(6,8)9/h5,10H,3-4H2,1-2H3. The Morgan fingerprint density at radius 1 is 1.50 bits per heavy atom. The number of aliphatic hydroxyl groups excluding tert-OH is 1. The van der Waals surface area contributed by atoms with E-state index < -0.39 is 11.3 Å². The van der Waals surface area contributed by atoms with Crippen molar-refractivity contribution in [2.24, 2.45) is 11.3 Å². The maximum atomic E-state index is 12.6. The molecule has 0 heterocycles. The first-order valence-corrected chi connectivity index (χ1v) is 3.40. The van der Waals surface area contributed by atoms with Crippen LogP contribution in [-0.4, -0.2) is 17.6 Å². The van der Waals surface area contributed by atoms with Crippen LogP contribution in [0.3, 0.4) is 0 Å². The van der Waals surface area contributed by atoms with Gasteiger partial charge in [0.2, 0.25) is 0 Å². The van der Waals surface area contributed by atoms with Crippen LogP contribution in [0.2, 0.25) is 0 Å². The van der Waals surface area contributed by atoms with E-state index in [-0.39, 0.29) is 18.9 Å². The lowest BCUT2D eigenvalue weighted by atomic mass is 9.59. The van der Waals surface area contributed by atoms with Crippen molar-refractivity contribution in [1.82, 2.24) is 0 Å². The first kappa shape index (κ1) is 7.92. The summed E-state index contributed by atoms with van der Waals surface area (Å²) in [5, 5.41) is 8.62. The van der Waals surface area contributed by atoms with Crippen molar-refractivity contribution in [3.63, 3.8) is 0 Å². The van der Waals surface area contributed by atoms with Crippen LogP contribution in [0, 0.1) is 11.3 Å². The van der Waals surface area contributed by atoms with Crippen LogP contribution in [0.4, 0.5) is 8.78 Å². The normalized spacial score (nSPS) is 35.1. The lowest BCUT2D eigenvalue weighted by Gasteiger charge is -2.50. The number of alkyl halides is 2. The van der Waals surface area contributed by atoms with Gasteiger partial charge in [0.15, 0.2) is 0 Å². The van der Waals surface area contributed by atoms with Gasteiger partial charge in [0.1, 0.15) is 0 Å². The third-order valence-electron chi connectivity index (χ3n) is 2.69. The highest BCUT2D eigenvalue weighted by molar-refractivity contribution is 5.02. The molecule has 1 aliphatic rings. The summed E-state index contributed by atoms with van der Waals surface area (Å²) in [6.07, 6.45) is -0.156. The van der Waals surface area contributed by atoms with Crippen LogP contribution < -0.4 is 0 Å². The average molecular weight is 150 g/mol. The fourth-order valence-corrected chi connectivity index (χ4v) is 1.29. The van der Waals surface area contributed by atoms with E-state index >= 15 is 0 Å². The van der Waals surface area contributed by atoms with Crippen LogP contribution in [0.15, 0.2) is 0 Å². The first-order chi connectivity index (χ1) is 4.42. The summed E-state index contributed by atoms with van der Waals surface area (Å²) in [7, 11) is 0. The van der Waals surface area contributed by atoms with E-state index in [0.29, 0.717) is 0 Å². The van der Waals surface area contributed by atoms with Gasteiger partial charge in [-0.15, -0.1) is 0 Å². The summed E-state index contributed by atoms with van der Waals surface area (Å²) in [5.41, 5.74) is -0.998. The average Bonchev–Trinajstić information content (AvgIpc) is 1.83. The molecule has 0 radical (unpaired) electrons. The largest absolute Gasteiger partial charge is 0.396 e. The monoisotopic (exact) mass is 150 g/mol. The summed E-state index contributed by atoms with van der Waals surface area (Å²) in [6, 6.07) is 0. The third kappa shape index (κ3) is 0.764. The molecule has 3 heteroatoms. The van der Waals surface area contributed by atoms with Gasteiger partial charge < -0.3 is 5.11 Å². The van der Waals surface area contributed by atoms with Crippen molar-refractivity contribution in [2.75, 3.05) is 6.61 Å². The highest BCUT2D eigenvalue weighted by atomic mass is 19.3. The Bertz CT molecular complexity index is 143. The molecule has 0 saturated heterocycles. The molecule has 0 aliphatic heterocycles. The molecule has 1 rings (SSSR count). The van der Waals surface area contributed by atoms with Gasteiger partial charge >= 0.3 is 0 Å². The molecule has 0 spiro atoms. The summed E-state index contributed by atoms with van der Waals surface area (Å²) in [4.78, 5) is 0. The molecule has 0 aromatic heterocycles. The Balaban J connectivity index is 2.65. The van der Waals surface area contributed by atoms with Gasteiger partial charge in [-0.3, -0.25) is 0 Å². The van der Waals surface area contributed by atoms with Crippen LogP contribution in [0.25, 0.3) is 0 Å². The number of hydrogen-bond acceptors (Lipinski definition) is 1. The lowest BCUT2D eigenvalue weighted by Crippen LogP contribution is -2.56. The molecule has 1 aliphatic carbocycles. The molecule has 1 saturated carbocycles. The minimum absolute atomic E-state index is 0.122. The zero-order chi connectivity index (χ0) is 7.99. The van der Waals surface area contributed by atoms with E-state index in [1.807, 2.05) is 0 Å². The van der Waals surface area contributed by atoms with Crippen molar-refractivity contribution >= 4 is 0 Å². The quantitative estimate of drug-likeness (QED) is 0.602. The summed E-state index contributed by atoms with van der Waals surface area (Å²) in [5.74, 6) is -2.79. The van der Waals surface area contributed by atoms with Crippen LogP contribution in [0.5, 0.6) is 0 Å². The highest BCUT2D eigenvalue weighted by Gasteiger charge is 2.61. The summed E-state index contributed by atoms with van der Waals surface area (Å²) >= 11 is 0. The molecular weight excluding hydrogens is 138 g/mol. The Labute approximate surface area is 59.0 Å². The predicted molar refractivity (Wildman–Crippen MR) is 33.9 cm³/mol. The summed E-state index contributed by atoms with van der Waals surface area (Å²) in [6.45, 7) is 2.87. The van der Waals surface area contributed by atoms with Gasteiger partial charge in [-0.2, -0.15) is 0 Å². The molecule has 1 atom stereocenters. The van der Waals surface area contributed by atoms with Gasteiger partial charge in [0.25, 0.3) is 5.92 Å². The van der Waals surface area contributed by atoms with E-state index in [1.54, 1.807) is 0 Å². The van der Waals surface area contributed by atoms with Gasteiger partial charge in [0.05, 0.1) is 0 Å². The number of aliphatic hydroxyl groups is 1. The van der Waals surface area contributed by atoms with Crippen LogP contribution >= 0.6 is 0 Å². The van der Waals surface area contributed by atoms with Crippen molar-refractivity contribution in [3.8, 4) is 0 Å². The lowest BCUT2D eigenvalue weighted by molar-refractivity contribution is -0.234. The molecule has 1 unspecified atom stereocenters. The maximum absolute atomic E-state index is 12.6. The molecular formula is C7H12F2O. The molecule has 1 nitrogen and oxygen atoms in total. The van der Waals surface area contributed by atoms with E-state index in [4.69, 9.17) is 5.11 Å². The SMILES string of the molecule is CC1(C)C(CO)CC1(F)F. The van der Waals surface area contributed by atoms with Gasteiger partial charge in [-0.1, -0.05) is 13.8 Å². The van der Waals surface area contributed by atoms with E-state index in [0.717, 1.165) is 0 Å². The Morgan fingerprint density at radius 3 is 2.10 bits per heavy atom. The Hall–Kier alpha value is -0.180. The van der Waals surface area contributed by atoms with Crippen molar-refractivity contribution in [2.45, 2.75) is 26.2 Å². The second kappa shape index (κ2) is 1.91. The number of hydrogen-bond donors (Lipinski definition) is 1. The molecule has 10 heavy (non-hydrogen) atoms. The molecule has 1 fully saturated rings. The first-order valence-electron chi connectivity index (χ1n) is 3.40. The molecule has 0 aromatic carbocycles. The highest BCUT2D eigenvalue weighted by Crippen LogP contribution is 2.57. The second-order valence-electron chi connectivity index (χ2n) is 3.51. The number of halogens is 2. The topological polar surface area (TPSA) is 20.2 Å². The zero-order valence-electron chi connectivity index (χ0n) is 6.19.